The van der Waals surface area contributed by atoms with Crippen molar-refractivity contribution in [2.75, 3.05) is 0 Å². The Morgan fingerprint density at radius 1 is 1.09 bits per heavy atom. The lowest BCUT2D eigenvalue weighted by Gasteiger charge is -2.02. The van der Waals surface area contributed by atoms with Crippen LogP contribution in [0.15, 0.2) is 65.0 Å². The van der Waals surface area contributed by atoms with E-state index in [1.165, 1.54) is 11.3 Å². The van der Waals surface area contributed by atoms with Gasteiger partial charge in [-0.05, 0) is 29.8 Å². The van der Waals surface area contributed by atoms with Crippen molar-refractivity contribution in [3.63, 3.8) is 0 Å². The first-order valence-electron chi connectivity index (χ1n) is 6.70. The molecular formula is C17H13ClN2OS. The van der Waals surface area contributed by atoms with E-state index in [1.807, 2.05) is 47.3 Å². The van der Waals surface area contributed by atoms with Crippen LogP contribution in [0, 0.1) is 0 Å². The number of nitrogens with zero attached hydrogens (tertiary/aromatic N) is 2. The molecule has 5 heteroatoms. The molecule has 22 heavy (non-hydrogen) atoms. The Balaban J connectivity index is 1.97. The number of aromatic nitrogens is 1. The lowest BCUT2D eigenvalue weighted by Crippen LogP contribution is -2.14. The van der Waals surface area contributed by atoms with E-state index in [-0.39, 0.29) is 5.91 Å². The third kappa shape index (κ3) is 3.03. The minimum atomic E-state index is -0.270. The number of carbonyl (C=O) groups excluding carboxylic acids is 1. The van der Waals surface area contributed by atoms with Crippen LogP contribution in [0.5, 0.6) is 0 Å². The molecule has 0 unspecified atom stereocenters. The Hall–Kier alpha value is -2.17. The maximum absolute atomic E-state index is 12.2. The predicted octanol–water partition coefficient (Wildman–Crippen LogP) is 4.15. The van der Waals surface area contributed by atoms with Crippen molar-refractivity contribution in [1.82, 2.24) is 4.57 Å². The minimum absolute atomic E-state index is 0.270. The van der Waals surface area contributed by atoms with Crippen LogP contribution in [0.3, 0.4) is 0 Å². The molecule has 0 fully saturated rings. The van der Waals surface area contributed by atoms with Crippen molar-refractivity contribution in [2.45, 2.75) is 0 Å². The molecule has 1 amide bonds. The summed E-state index contributed by atoms with van der Waals surface area (Å²) < 4.78 is 1.92. The van der Waals surface area contributed by atoms with Crippen LogP contribution >= 0.6 is 22.9 Å². The van der Waals surface area contributed by atoms with Gasteiger partial charge in [-0.25, -0.2) is 0 Å². The van der Waals surface area contributed by atoms with Crippen LogP contribution in [0.25, 0.3) is 11.3 Å². The fourth-order valence-corrected chi connectivity index (χ4v) is 3.11. The number of hydrogen-bond donors (Lipinski definition) is 0. The first-order valence-corrected chi connectivity index (χ1v) is 7.95. The second-order valence-electron chi connectivity index (χ2n) is 4.75. The zero-order chi connectivity index (χ0) is 15.5. The van der Waals surface area contributed by atoms with Gasteiger partial charge in [0.1, 0.15) is 0 Å². The molecule has 3 nitrogen and oxygen atoms in total. The topological polar surface area (TPSA) is 34.4 Å². The summed E-state index contributed by atoms with van der Waals surface area (Å²) in [4.78, 5) is 17.1. The van der Waals surface area contributed by atoms with E-state index in [0.29, 0.717) is 15.4 Å². The average molecular weight is 329 g/mol. The zero-order valence-corrected chi connectivity index (χ0v) is 13.4. The van der Waals surface area contributed by atoms with Crippen LogP contribution < -0.4 is 4.80 Å². The summed E-state index contributed by atoms with van der Waals surface area (Å²) in [7, 11) is 1.91. The fourth-order valence-electron chi connectivity index (χ4n) is 2.09. The third-order valence-electron chi connectivity index (χ3n) is 3.28. The predicted molar refractivity (Wildman–Crippen MR) is 90.1 cm³/mol. The molecule has 0 atom stereocenters. The van der Waals surface area contributed by atoms with E-state index in [9.17, 15) is 4.79 Å². The Kier molecular flexibility index (Phi) is 4.22. The lowest BCUT2D eigenvalue weighted by atomic mass is 10.2. The van der Waals surface area contributed by atoms with Gasteiger partial charge in [0.25, 0.3) is 5.91 Å². The van der Waals surface area contributed by atoms with Gasteiger partial charge in [0.2, 0.25) is 0 Å². The van der Waals surface area contributed by atoms with Crippen molar-refractivity contribution in [3.05, 3.63) is 75.4 Å². The molecule has 0 N–H and O–H groups in total. The van der Waals surface area contributed by atoms with Crippen LogP contribution in [-0.4, -0.2) is 10.5 Å². The number of rotatable bonds is 2. The number of halogens is 1. The maximum Gasteiger partial charge on any atom is 0.279 e. The molecule has 0 aliphatic rings. The molecule has 2 aromatic carbocycles. The molecular weight excluding hydrogens is 316 g/mol. The molecule has 0 saturated heterocycles. The van der Waals surface area contributed by atoms with Gasteiger partial charge in [-0.3, -0.25) is 4.79 Å². The van der Waals surface area contributed by atoms with Crippen LogP contribution in [0.1, 0.15) is 10.4 Å². The van der Waals surface area contributed by atoms with Gasteiger partial charge in [0.15, 0.2) is 4.80 Å². The normalized spacial score (nSPS) is 11.6. The van der Waals surface area contributed by atoms with Gasteiger partial charge in [-0.1, -0.05) is 41.9 Å². The maximum atomic E-state index is 12.2. The molecule has 110 valence electrons. The first kappa shape index (κ1) is 14.8. The Bertz CT molecular complexity index is 864. The molecule has 3 aromatic rings. The highest BCUT2D eigenvalue weighted by atomic mass is 35.5. The van der Waals surface area contributed by atoms with E-state index < -0.39 is 0 Å². The summed E-state index contributed by atoms with van der Waals surface area (Å²) in [5.41, 5.74) is 2.66. The molecule has 0 bridgehead atoms. The van der Waals surface area contributed by atoms with Gasteiger partial charge < -0.3 is 4.57 Å². The number of carbonyl (C=O) groups is 1. The van der Waals surface area contributed by atoms with Crippen molar-refractivity contribution >= 4 is 28.8 Å². The number of hydrogen-bond acceptors (Lipinski definition) is 2. The summed E-state index contributed by atoms with van der Waals surface area (Å²) in [6.07, 6.45) is 0. The van der Waals surface area contributed by atoms with E-state index in [1.54, 1.807) is 24.3 Å². The van der Waals surface area contributed by atoms with Crippen molar-refractivity contribution in [2.24, 2.45) is 12.0 Å². The molecule has 0 radical (unpaired) electrons. The molecule has 0 spiro atoms. The second-order valence-corrected chi connectivity index (χ2v) is 6.03. The van der Waals surface area contributed by atoms with E-state index in [0.717, 1.165) is 11.3 Å². The highest BCUT2D eigenvalue weighted by Gasteiger charge is 2.07. The third-order valence-corrected chi connectivity index (χ3v) is 4.45. The quantitative estimate of drug-likeness (QED) is 0.696. The summed E-state index contributed by atoms with van der Waals surface area (Å²) in [5.74, 6) is -0.270. The summed E-state index contributed by atoms with van der Waals surface area (Å²) in [5, 5.41) is 2.60. The summed E-state index contributed by atoms with van der Waals surface area (Å²) in [6.45, 7) is 0. The molecule has 3 rings (SSSR count). The summed E-state index contributed by atoms with van der Waals surface area (Å²) in [6, 6.07) is 16.8. The number of benzene rings is 2. The monoisotopic (exact) mass is 328 g/mol. The summed E-state index contributed by atoms with van der Waals surface area (Å²) >= 11 is 7.28. The highest BCUT2D eigenvalue weighted by molar-refractivity contribution is 7.07. The smallest absolute Gasteiger partial charge is 0.279 e. The number of amides is 1. The van der Waals surface area contributed by atoms with Crippen LogP contribution in [0.2, 0.25) is 5.02 Å². The SMILES string of the molecule is Cn1c(-c2ccccc2)cs/c1=N/C(=O)c1ccc(Cl)cc1. The van der Waals surface area contributed by atoms with E-state index in [4.69, 9.17) is 11.6 Å². The molecule has 0 aliphatic carbocycles. The number of thiazole rings is 1. The second kappa shape index (κ2) is 6.30. The fraction of sp³-hybridized carbons (Fsp3) is 0.0588. The molecule has 1 heterocycles. The Labute approximate surface area is 137 Å². The molecule has 0 saturated carbocycles. The van der Waals surface area contributed by atoms with Gasteiger partial charge in [-0.15, -0.1) is 11.3 Å². The largest absolute Gasteiger partial charge is 0.319 e. The van der Waals surface area contributed by atoms with Crippen LogP contribution in [0.4, 0.5) is 0 Å². The zero-order valence-electron chi connectivity index (χ0n) is 11.9. The minimum Gasteiger partial charge on any atom is -0.319 e. The van der Waals surface area contributed by atoms with Crippen molar-refractivity contribution < 1.29 is 4.79 Å². The average Bonchev–Trinajstić information content (AvgIpc) is 2.90. The standard InChI is InChI=1S/C17H13ClN2OS/c1-20-15(12-5-3-2-4-6-12)11-22-17(20)19-16(21)13-7-9-14(18)10-8-13/h2-11H,1H3/b19-17+. The molecule has 0 aliphatic heterocycles. The van der Waals surface area contributed by atoms with Gasteiger partial charge in [0.05, 0.1) is 5.69 Å². The van der Waals surface area contributed by atoms with Crippen LogP contribution in [-0.2, 0) is 7.05 Å². The first-order chi connectivity index (χ1) is 10.6. The van der Waals surface area contributed by atoms with Gasteiger partial charge >= 0.3 is 0 Å². The van der Waals surface area contributed by atoms with Crippen molar-refractivity contribution in [3.8, 4) is 11.3 Å². The van der Waals surface area contributed by atoms with Gasteiger partial charge in [-0.2, -0.15) is 4.99 Å². The van der Waals surface area contributed by atoms with Gasteiger partial charge in [0, 0.05) is 23.0 Å². The Morgan fingerprint density at radius 3 is 2.45 bits per heavy atom. The molecule has 1 aromatic heterocycles. The Morgan fingerprint density at radius 2 is 1.77 bits per heavy atom. The highest BCUT2D eigenvalue weighted by Crippen LogP contribution is 2.18. The van der Waals surface area contributed by atoms with E-state index in [2.05, 4.69) is 4.99 Å². The lowest BCUT2D eigenvalue weighted by molar-refractivity contribution is 0.0998. The van der Waals surface area contributed by atoms with Crippen molar-refractivity contribution in [1.29, 1.82) is 0 Å². The van der Waals surface area contributed by atoms with E-state index >= 15 is 0 Å².